The third kappa shape index (κ3) is 3.45. The Labute approximate surface area is 161 Å². The Morgan fingerprint density at radius 3 is 2.85 bits per heavy atom. The van der Waals surface area contributed by atoms with Gasteiger partial charge >= 0.3 is 0 Å². The Hall–Kier alpha value is -2.71. The van der Waals surface area contributed by atoms with Crippen molar-refractivity contribution in [2.45, 2.75) is 17.7 Å². The molecule has 0 saturated heterocycles. The quantitative estimate of drug-likeness (QED) is 0.728. The van der Waals surface area contributed by atoms with Crippen LogP contribution >= 0.6 is 11.3 Å². The van der Waals surface area contributed by atoms with E-state index >= 15 is 0 Å². The monoisotopic (exact) mass is 399 g/mol. The molecule has 0 aliphatic carbocycles. The second-order valence-corrected chi connectivity index (χ2v) is 8.93. The van der Waals surface area contributed by atoms with Crippen molar-refractivity contribution in [1.29, 1.82) is 0 Å². The van der Waals surface area contributed by atoms with Crippen LogP contribution in [0.3, 0.4) is 0 Å². The normalized spacial score (nSPS) is 13.9. The molecule has 3 heterocycles. The Balaban J connectivity index is 1.60. The molecule has 138 valence electrons. The summed E-state index contributed by atoms with van der Waals surface area (Å²) >= 11 is 1.11. The number of aryl methyl sites for hydroxylation is 1. The fourth-order valence-corrected chi connectivity index (χ4v) is 5.78. The highest BCUT2D eigenvalue weighted by Gasteiger charge is 2.30. The number of nitrogens with zero attached hydrogens (tertiary/aromatic N) is 2. The van der Waals surface area contributed by atoms with Gasteiger partial charge in [0.25, 0.3) is 15.9 Å². The van der Waals surface area contributed by atoms with Gasteiger partial charge in [-0.05, 0) is 42.7 Å². The molecule has 0 radical (unpaired) electrons. The highest BCUT2D eigenvalue weighted by atomic mass is 32.2. The minimum absolute atomic E-state index is 0.139. The van der Waals surface area contributed by atoms with E-state index in [4.69, 9.17) is 0 Å². The van der Waals surface area contributed by atoms with Gasteiger partial charge in [0.2, 0.25) is 0 Å². The molecule has 27 heavy (non-hydrogen) atoms. The number of fused-ring (bicyclic) bond motifs is 1. The maximum atomic E-state index is 13.1. The number of carbonyl (C=O) groups is 1. The highest BCUT2D eigenvalue weighted by molar-refractivity contribution is 7.93. The van der Waals surface area contributed by atoms with E-state index < -0.39 is 10.0 Å². The van der Waals surface area contributed by atoms with Gasteiger partial charge in [0.05, 0.1) is 27.3 Å². The number of benzene rings is 1. The lowest BCUT2D eigenvalue weighted by molar-refractivity contribution is 0.103. The average molecular weight is 399 g/mol. The summed E-state index contributed by atoms with van der Waals surface area (Å²) in [6.45, 7) is 0.437. The van der Waals surface area contributed by atoms with Gasteiger partial charge in [0, 0.05) is 18.1 Å². The SMILES string of the molecule is O=C(Nc1cccnc1)c1cc(S(=O)(=O)N2CCCc3ccccc32)cs1. The van der Waals surface area contributed by atoms with E-state index in [1.54, 1.807) is 18.3 Å². The van der Waals surface area contributed by atoms with Crippen LogP contribution in [-0.2, 0) is 16.4 Å². The summed E-state index contributed by atoms with van der Waals surface area (Å²) in [4.78, 5) is 16.8. The lowest BCUT2D eigenvalue weighted by Gasteiger charge is -2.30. The molecule has 1 amide bonds. The number of rotatable bonds is 4. The molecule has 0 unspecified atom stereocenters. The molecular weight excluding hydrogens is 382 g/mol. The number of anilines is 2. The van der Waals surface area contributed by atoms with Crippen molar-refractivity contribution in [3.8, 4) is 0 Å². The number of pyridine rings is 1. The summed E-state index contributed by atoms with van der Waals surface area (Å²) in [6.07, 6.45) is 4.79. The van der Waals surface area contributed by atoms with Gasteiger partial charge in [-0.15, -0.1) is 11.3 Å². The molecule has 0 bridgehead atoms. The van der Waals surface area contributed by atoms with Gasteiger partial charge in [-0.2, -0.15) is 0 Å². The van der Waals surface area contributed by atoms with Crippen LogP contribution in [0, 0.1) is 0 Å². The van der Waals surface area contributed by atoms with E-state index in [2.05, 4.69) is 10.3 Å². The topological polar surface area (TPSA) is 79.4 Å². The van der Waals surface area contributed by atoms with Crippen LogP contribution in [0.2, 0.25) is 0 Å². The number of carbonyl (C=O) groups excluding carboxylic acids is 1. The Morgan fingerprint density at radius 1 is 1.19 bits per heavy atom. The summed E-state index contributed by atoms with van der Waals surface area (Å²) in [7, 11) is -3.71. The number of aromatic nitrogens is 1. The maximum Gasteiger partial charge on any atom is 0.265 e. The van der Waals surface area contributed by atoms with Crippen LogP contribution in [0.25, 0.3) is 0 Å². The van der Waals surface area contributed by atoms with Crippen LogP contribution in [0.15, 0.2) is 65.1 Å². The third-order valence-corrected chi connectivity index (χ3v) is 7.24. The molecule has 8 heteroatoms. The van der Waals surface area contributed by atoms with Gasteiger partial charge in [0.1, 0.15) is 0 Å². The zero-order chi connectivity index (χ0) is 18.9. The number of amides is 1. The molecule has 0 fully saturated rings. The Kier molecular flexibility index (Phi) is 4.67. The first kappa shape index (κ1) is 17.7. The van der Waals surface area contributed by atoms with E-state index in [9.17, 15) is 13.2 Å². The number of hydrogen-bond donors (Lipinski definition) is 1. The second kappa shape index (κ2) is 7.13. The molecular formula is C19H17N3O3S2. The van der Waals surface area contributed by atoms with Crippen LogP contribution in [-0.4, -0.2) is 25.9 Å². The van der Waals surface area contributed by atoms with Crippen molar-refractivity contribution >= 4 is 38.6 Å². The van der Waals surface area contributed by atoms with Gasteiger partial charge < -0.3 is 5.32 Å². The summed E-state index contributed by atoms with van der Waals surface area (Å²) in [5.74, 6) is -0.353. The van der Waals surface area contributed by atoms with E-state index in [0.29, 0.717) is 17.1 Å². The minimum Gasteiger partial charge on any atom is -0.320 e. The smallest absolute Gasteiger partial charge is 0.265 e. The highest BCUT2D eigenvalue weighted by Crippen LogP contribution is 2.33. The molecule has 6 nitrogen and oxygen atoms in total. The zero-order valence-corrected chi connectivity index (χ0v) is 16.0. The van der Waals surface area contributed by atoms with E-state index in [1.807, 2.05) is 24.3 Å². The number of para-hydroxylation sites is 1. The summed E-state index contributed by atoms with van der Waals surface area (Å²) in [5, 5.41) is 4.24. The number of nitrogens with one attached hydrogen (secondary N) is 1. The molecule has 0 atom stereocenters. The fourth-order valence-electron chi connectivity index (χ4n) is 3.08. The Morgan fingerprint density at radius 2 is 2.04 bits per heavy atom. The van der Waals surface area contributed by atoms with Crippen LogP contribution in [0.1, 0.15) is 21.7 Å². The largest absolute Gasteiger partial charge is 0.320 e. The predicted molar refractivity (Wildman–Crippen MR) is 106 cm³/mol. The molecule has 1 aromatic carbocycles. The van der Waals surface area contributed by atoms with Crippen LogP contribution < -0.4 is 9.62 Å². The van der Waals surface area contributed by atoms with Crippen molar-refractivity contribution in [1.82, 2.24) is 4.98 Å². The summed E-state index contributed by atoms with van der Waals surface area (Å²) in [6, 6.07) is 12.4. The fraction of sp³-hybridized carbons (Fsp3) is 0.158. The van der Waals surface area contributed by atoms with Crippen LogP contribution in [0.4, 0.5) is 11.4 Å². The van der Waals surface area contributed by atoms with Gasteiger partial charge in [-0.3, -0.25) is 14.1 Å². The molecule has 1 aliphatic heterocycles. The van der Waals surface area contributed by atoms with Gasteiger partial charge in [-0.25, -0.2) is 8.42 Å². The standard InChI is InChI=1S/C19H17N3O3S2/c23-19(21-15-7-3-9-20-12-15)18-11-16(13-26-18)27(24,25)22-10-4-6-14-5-1-2-8-17(14)22/h1-3,5,7-9,11-13H,4,6,10H2,(H,21,23). The molecule has 1 N–H and O–H groups in total. The van der Waals surface area contributed by atoms with Crippen molar-refractivity contribution < 1.29 is 13.2 Å². The molecule has 0 spiro atoms. The average Bonchev–Trinajstić information content (AvgIpc) is 3.19. The van der Waals surface area contributed by atoms with Crippen molar-refractivity contribution in [3.63, 3.8) is 0 Å². The molecule has 3 aromatic rings. The predicted octanol–water partition coefficient (Wildman–Crippen LogP) is 3.54. The molecule has 2 aromatic heterocycles. The zero-order valence-electron chi connectivity index (χ0n) is 14.3. The number of sulfonamides is 1. The van der Waals surface area contributed by atoms with Crippen molar-refractivity contribution in [2.75, 3.05) is 16.2 Å². The van der Waals surface area contributed by atoms with Crippen molar-refractivity contribution in [3.05, 3.63) is 70.7 Å². The van der Waals surface area contributed by atoms with Gasteiger partial charge in [0.15, 0.2) is 0 Å². The van der Waals surface area contributed by atoms with Crippen molar-refractivity contribution in [2.24, 2.45) is 0 Å². The van der Waals surface area contributed by atoms with E-state index in [1.165, 1.54) is 21.9 Å². The van der Waals surface area contributed by atoms with E-state index in [0.717, 1.165) is 35.4 Å². The van der Waals surface area contributed by atoms with Crippen LogP contribution in [0.5, 0.6) is 0 Å². The second-order valence-electron chi connectivity index (χ2n) is 6.15. The Bertz CT molecular complexity index is 1080. The van der Waals surface area contributed by atoms with Gasteiger partial charge in [-0.1, -0.05) is 18.2 Å². The number of thiophene rings is 1. The molecule has 0 saturated carbocycles. The summed E-state index contributed by atoms with van der Waals surface area (Å²) < 4.78 is 27.7. The first-order chi connectivity index (χ1) is 13.1. The lowest BCUT2D eigenvalue weighted by Crippen LogP contribution is -2.35. The minimum atomic E-state index is -3.71. The summed E-state index contributed by atoms with van der Waals surface area (Å²) in [5.41, 5.74) is 2.30. The maximum absolute atomic E-state index is 13.1. The molecule has 1 aliphatic rings. The first-order valence-electron chi connectivity index (χ1n) is 8.46. The lowest BCUT2D eigenvalue weighted by atomic mass is 10.0. The number of hydrogen-bond acceptors (Lipinski definition) is 5. The first-order valence-corrected chi connectivity index (χ1v) is 10.8. The molecule has 4 rings (SSSR count). The third-order valence-electron chi connectivity index (χ3n) is 4.37. The van der Waals surface area contributed by atoms with E-state index in [-0.39, 0.29) is 10.8 Å².